The van der Waals surface area contributed by atoms with Crippen LogP contribution in [0.25, 0.3) is 11.1 Å². The summed E-state index contributed by atoms with van der Waals surface area (Å²) in [6.07, 6.45) is 3.91. The summed E-state index contributed by atoms with van der Waals surface area (Å²) in [5.41, 5.74) is 5.74. The highest BCUT2D eigenvalue weighted by Gasteiger charge is 2.34. The van der Waals surface area contributed by atoms with Crippen LogP contribution in [0, 0.1) is 28.3 Å². The Balaban J connectivity index is 1.98. The van der Waals surface area contributed by atoms with Gasteiger partial charge in [0.05, 0.1) is 6.61 Å². The molecule has 3 rings (SSSR count). The number of oxazole rings is 1. The normalized spacial score (nSPS) is 20.2. The van der Waals surface area contributed by atoms with E-state index in [0.29, 0.717) is 18.4 Å². The number of carbonyl (C=O) groups excluding carboxylic acids is 1. The largest absolute Gasteiger partial charge is 0.465 e. The van der Waals surface area contributed by atoms with Crippen LogP contribution < -0.4 is 0 Å². The van der Waals surface area contributed by atoms with Gasteiger partial charge in [0.25, 0.3) is 0 Å². The quantitative estimate of drug-likeness (QED) is 0.350. The molecule has 0 radical (unpaired) electrons. The Kier molecular flexibility index (Phi) is 5.91. The molecule has 0 unspecified atom stereocenters. The minimum absolute atomic E-state index is 0.158. The van der Waals surface area contributed by atoms with E-state index in [1.807, 2.05) is 6.92 Å². The molecule has 1 aromatic heterocycles. The van der Waals surface area contributed by atoms with Crippen LogP contribution in [0.3, 0.4) is 0 Å². The number of carbonyl (C=O) groups is 1. The van der Waals surface area contributed by atoms with Crippen LogP contribution in [0.2, 0.25) is 0 Å². The standard InChI is InChI=1S/C21H24INO3/c1-5-25-16(24)8-6-7-12(2)15-10-9-13(3)17-18(15)19(22)14(4)20-21(17)26-11-23-20/h11-13,15H,5,8-10H2,1-4H3/t12-,13-,15+/m0/s1. The zero-order chi connectivity index (χ0) is 18.8. The molecule has 138 valence electrons. The second kappa shape index (κ2) is 7.99. The minimum Gasteiger partial charge on any atom is -0.465 e. The molecule has 5 heteroatoms. The van der Waals surface area contributed by atoms with Gasteiger partial charge < -0.3 is 9.15 Å². The van der Waals surface area contributed by atoms with E-state index in [9.17, 15) is 4.79 Å². The maximum Gasteiger partial charge on any atom is 0.317 e. The monoisotopic (exact) mass is 465 g/mol. The van der Waals surface area contributed by atoms with Crippen LogP contribution in [0.15, 0.2) is 10.8 Å². The lowest BCUT2D eigenvalue weighted by Crippen LogP contribution is -2.20. The molecule has 0 bridgehead atoms. The summed E-state index contributed by atoms with van der Waals surface area (Å²) in [5.74, 6) is 7.01. The third kappa shape index (κ3) is 3.48. The van der Waals surface area contributed by atoms with Gasteiger partial charge in [-0.2, -0.15) is 0 Å². The van der Waals surface area contributed by atoms with Gasteiger partial charge in [0.15, 0.2) is 12.0 Å². The highest BCUT2D eigenvalue weighted by molar-refractivity contribution is 14.1. The second-order valence-electron chi connectivity index (χ2n) is 6.97. The number of esters is 1. The molecule has 1 aliphatic carbocycles. The summed E-state index contributed by atoms with van der Waals surface area (Å²) < 4.78 is 12.0. The van der Waals surface area contributed by atoms with Crippen LogP contribution >= 0.6 is 22.6 Å². The minimum atomic E-state index is -0.251. The van der Waals surface area contributed by atoms with Gasteiger partial charge in [0.1, 0.15) is 11.9 Å². The highest BCUT2D eigenvalue weighted by atomic mass is 127. The number of aromatic nitrogens is 1. The summed E-state index contributed by atoms with van der Waals surface area (Å²) in [6.45, 7) is 8.73. The topological polar surface area (TPSA) is 52.3 Å². The molecule has 2 aromatic rings. The highest BCUT2D eigenvalue weighted by Crippen LogP contribution is 2.48. The fourth-order valence-corrected chi connectivity index (χ4v) is 4.86. The molecule has 1 aromatic carbocycles. The lowest BCUT2D eigenvalue weighted by molar-refractivity contribution is -0.141. The van der Waals surface area contributed by atoms with Gasteiger partial charge in [-0.25, -0.2) is 4.98 Å². The zero-order valence-corrected chi connectivity index (χ0v) is 17.8. The molecule has 0 N–H and O–H groups in total. The van der Waals surface area contributed by atoms with E-state index in [4.69, 9.17) is 9.15 Å². The number of benzene rings is 1. The van der Waals surface area contributed by atoms with E-state index >= 15 is 0 Å². The van der Waals surface area contributed by atoms with E-state index in [1.165, 1.54) is 20.3 Å². The van der Waals surface area contributed by atoms with Crippen molar-refractivity contribution in [2.45, 2.75) is 58.8 Å². The van der Waals surface area contributed by atoms with Crippen LogP contribution in [0.5, 0.6) is 0 Å². The Hall–Kier alpha value is -1.55. The van der Waals surface area contributed by atoms with E-state index in [-0.39, 0.29) is 18.3 Å². The Labute approximate surface area is 168 Å². The number of fused-ring (bicyclic) bond motifs is 3. The smallest absolute Gasteiger partial charge is 0.317 e. The van der Waals surface area contributed by atoms with E-state index < -0.39 is 0 Å². The second-order valence-corrected chi connectivity index (χ2v) is 8.05. The predicted molar refractivity (Wildman–Crippen MR) is 110 cm³/mol. The zero-order valence-electron chi connectivity index (χ0n) is 15.7. The summed E-state index contributed by atoms with van der Waals surface area (Å²) in [7, 11) is 0. The number of ether oxygens (including phenoxy) is 1. The third-order valence-corrected chi connectivity index (χ3v) is 6.66. The van der Waals surface area contributed by atoms with Gasteiger partial charge >= 0.3 is 5.97 Å². The number of aryl methyl sites for hydroxylation is 1. The van der Waals surface area contributed by atoms with Crippen molar-refractivity contribution in [3.8, 4) is 11.8 Å². The summed E-state index contributed by atoms with van der Waals surface area (Å²) in [4.78, 5) is 15.9. The van der Waals surface area contributed by atoms with Crippen LogP contribution in [0.1, 0.15) is 68.6 Å². The molecular weight excluding hydrogens is 441 g/mol. The molecule has 1 heterocycles. The molecule has 1 aliphatic rings. The maximum atomic E-state index is 11.5. The predicted octanol–water partition coefficient (Wildman–Crippen LogP) is 5.31. The van der Waals surface area contributed by atoms with Crippen molar-refractivity contribution in [2.24, 2.45) is 5.92 Å². The van der Waals surface area contributed by atoms with Crippen molar-refractivity contribution in [2.75, 3.05) is 6.61 Å². The Morgan fingerprint density at radius 3 is 2.96 bits per heavy atom. The Bertz CT molecular complexity index is 890. The average molecular weight is 465 g/mol. The van der Waals surface area contributed by atoms with E-state index in [2.05, 4.69) is 60.2 Å². The number of halogens is 1. The molecule has 0 spiro atoms. The molecule has 0 fully saturated rings. The number of rotatable bonds is 3. The van der Waals surface area contributed by atoms with Gasteiger partial charge in [-0.15, -0.1) is 0 Å². The van der Waals surface area contributed by atoms with E-state index in [1.54, 1.807) is 6.39 Å². The molecule has 3 atom stereocenters. The summed E-state index contributed by atoms with van der Waals surface area (Å²) in [6, 6.07) is 0. The SMILES string of the molecule is CCOC(=O)CC#C[C@H](C)[C@H]1CC[C@H](C)c2c1c(I)c(C)c1ncoc21. The van der Waals surface area contributed by atoms with E-state index in [0.717, 1.165) is 23.9 Å². The average Bonchev–Trinajstić information content (AvgIpc) is 3.09. The third-order valence-electron chi connectivity index (χ3n) is 5.27. The first-order valence-corrected chi connectivity index (χ1v) is 10.2. The molecule has 26 heavy (non-hydrogen) atoms. The summed E-state index contributed by atoms with van der Waals surface area (Å²) >= 11 is 2.45. The van der Waals surface area contributed by atoms with Gasteiger partial charge in [-0.3, -0.25) is 4.79 Å². The molecule has 0 amide bonds. The lowest BCUT2D eigenvalue weighted by Gasteiger charge is -2.33. The lowest BCUT2D eigenvalue weighted by atomic mass is 9.72. The number of hydrogen-bond donors (Lipinski definition) is 0. The Morgan fingerprint density at radius 1 is 1.46 bits per heavy atom. The van der Waals surface area contributed by atoms with Crippen molar-refractivity contribution in [1.82, 2.24) is 4.98 Å². The van der Waals surface area contributed by atoms with Crippen LogP contribution in [-0.4, -0.2) is 17.6 Å². The molecule has 0 aliphatic heterocycles. The van der Waals surface area contributed by atoms with Crippen molar-refractivity contribution in [1.29, 1.82) is 0 Å². The Morgan fingerprint density at radius 2 is 2.23 bits per heavy atom. The molecular formula is C21H24INO3. The van der Waals surface area contributed by atoms with Gasteiger partial charge in [0.2, 0.25) is 0 Å². The fraction of sp³-hybridized carbons (Fsp3) is 0.524. The van der Waals surface area contributed by atoms with Gasteiger partial charge in [-0.05, 0) is 72.2 Å². The molecule has 4 nitrogen and oxygen atoms in total. The van der Waals surface area contributed by atoms with Crippen molar-refractivity contribution >= 4 is 39.7 Å². The van der Waals surface area contributed by atoms with Crippen LogP contribution in [0.4, 0.5) is 0 Å². The fourth-order valence-electron chi connectivity index (χ4n) is 3.92. The molecule has 0 saturated heterocycles. The first-order chi connectivity index (χ1) is 12.5. The first-order valence-electron chi connectivity index (χ1n) is 9.14. The first kappa shape index (κ1) is 19.2. The van der Waals surface area contributed by atoms with Gasteiger partial charge in [0, 0.05) is 15.1 Å². The van der Waals surface area contributed by atoms with Gasteiger partial charge in [-0.1, -0.05) is 25.7 Å². The van der Waals surface area contributed by atoms with Crippen molar-refractivity contribution in [3.63, 3.8) is 0 Å². The van der Waals surface area contributed by atoms with Crippen LogP contribution in [-0.2, 0) is 9.53 Å². The number of nitrogens with zero attached hydrogens (tertiary/aromatic N) is 1. The summed E-state index contributed by atoms with van der Waals surface area (Å²) in [5, 5.41) is 0. The number of hydrogen-bond acceptors (Lipinski definition) is 4. The molecule has 0 saturated carbocycles. The van der Waals surface area contributed by atoms with Crippen molar-refractivity contribution in [3.05, 3.63) is 26.7 Å². The van der Waals surface area contributed by atoms with Crippen molar-refractivity contribution < 1.29 is 13.9 Å². The maximum absolute atomic E-state index is 11.5.